The van der Waals surface area contributed by atoms with Crippen molar-refractivity contribution in [1.29, 1.82) is 0 Å². The first-order valence-corrected chi connectivity index (χ1v) is 11.7. The summed E-state index contributed by atoms with van der Waals surface area (Å²) >= 11 is 0. The van der Waals surface area contributed by atoms with Crippen LogP contribution in [0.2, 0.25) is 0 Å². The van der Waals surface area contributed by atoms with E-state index in [0.29, 0.717) is 6.42 Å². The van der Waals surface area contributed by atoms with Gasteiger partial charge in [-0.3, -0.25) is 14.4 Å². The highest BCUT2D eigenvalue weighted by Gasteiger charge is 2.64. The Balaban J connectivity index is 2.63. The molecule has 1 heterocycles. The third-order valence-corrected chi connectivity index (χ3v) is 8.06. The van der Waals surface area contributed by atoms with E-state index in [0.717, 1.165) is 5.56 Å². The van der Waals surface area contributed by atoms with Crippen molar-refractivity contribution in [3.8, 4) is 0 Å². The van der Waals surface area contributed by atoms with Gasteiger partial charge in [-0.15, -0.1) is 0 Å². The minimum atomic E-state index is -3.64. The van der Waals surface area contributed by atoms with E-state index in [9.17, 15) is 9.36 Å². The number of ether oxygens (including phenoxy) is 1. The maximum Gasteiger partial charge on any atom is 0.411 e. The second-order valence-corrected chi connectivity index (χ2v) is 12.5. The molecule has 1 aliphatic rings. The molecule has 7 nitrogen and oxygen atoms in total. The van der Waals surface area contributed by atoms with Crippen LogP contribution < -0.4 is 0 Å². The van der Waals surface area contributed by atoms with Gasteiger partial charge in [0.2, 0.25) is 0 Å². The predicted octanol–water partition coefficient (Wildman–Crippen LogP) is 4.97. The Hall–Kier alpha value is -1.40. The van der Waals surface area contributed by atoms with E-state index >= 15 is 0 Å². The van der Waals surface area contributed by atoms with Crippen LogP contribution in [-0.2, 0) is 24.8 Å². The third-order valence-electron chi connectivity index (χ3n) is 5.47. The van der Waals surface area contributed by atoms with Gasteiger partial charge in [0.25, 0.3) is 0 Å². The van der Waals surface area contributed by atoms with Crippen molar-refractivity contribution < 1.29 is 23.1 Å². The molecule has 1 fully saturated rings. The molecule has 1 saturated heterocycles. The number of hydrogen-bond acceptors (Lipinski definition) is 6. The average Bonchev–Trinajstić information content (AvgIpc) is 2.94. The lowest BCUT2D eigenvalue weighted by Gasteiger charge is -2.43. The molecule has 8 heteroatoms. The fourth-order valence-corrected chi connectivity index (χ4v) is 6.36. The normalized spacial score (nSPS) is 23.6. The van der Waals surface area contributed by atoms with Crippen LogP contribution in [0, 0.1) is 5.41 Å². The van der Waals surface area contributed by atoms with E-state index < -0.39 is 24.6 Å². The number of carbonyl (C=O) groups excluding carboxylic acids is 1. The van der Waals surface area contributed by atoms with Gasteiger partial charge in [-0.1, -0.05) is 51.1 Å². The molecule has 2 atom stereocenters. The first-order chi connectivity index (χ1) is 13.7. The number of nitrogens with zero attached hydrogens (tertiary/aromatic N) is 2. The standard InChI is InChI=1S/C22H37N2O5P/c1-20(2,3)18-23(7)22(30(26,27-8)28-9,15-17-13-11-10-12-14-17)16-24(18)19(25)29-21(4,5)6/h10-14,18H,15-16H2,1-9H3/t18-,22-/m0/s1. The van der Waals surface area contributed by atoms with Crippen LogP contribution in [0.4, 0.5) is 4.79 Å². The topological polar surface area (TPSA) is 68.3 Å². The summed E-state index contributed by atoms with van der Waals surface area (Å²) < 4.78 is 30.7. The van der Waals surface area contributed by atoms with E-state index in [1.807, 2.05) is 63.1 Å². The van der Waals surface area contributed by atoms with Crippen molar-refractivity contribution in [3.05, 3.63) is 35.9 Å². The Kier molecular flexibility index (Phi) is 7.14. The summed E-state index contributed by atoms with van der Waals surface area (Å²) in [6, 6.07) is 9.78. The molecule has 0 radical (unpaired) electrons. The van der Waals surface area contributed by atoms with Gasteiger partial charge in [-0.25, -0.2) is 4.79 Å². The molecule has 0 N–H and O–H groups in total. The molecule has 1 aliphatic heterocycles. The number of likely N-dealkylation sites (N-methyl/N-ethyl adjacent to an activating group) is 1. The van der Waals surface area contributed by atoms with Crippen LogP contribution in [0.1, 0.15) is 47.1 Å². The van der Waals surface area contributed by atoms with Crippen LogP contribution in [0.25, 0.3) is 0 Å². The summed E-state index contributed by atoms with van der Waals surface area (Å²) in [4.78, 5) is 16.9. The van der Waals surface area contributed by atoms with Crippen LogP contribution in [0.3, 0.4) is 0 Å². The fraction of sp³-hybridized carbons (Fsp3) is 0.682. The van der Waals surface area contributed by atoms with Gasteiger partial charge in [-0.2, -0.15) is 0 Å². The Morgan fingerprint density at radius 1 is 1.10 bits per heavy atom. The maximum atomic E-state index is 14.0. The zero-order valence-corrected chi connectivity index (χ0v) is 20.7. The lowest BCUT2D eigenvalue weighted by molar-refractivity contribution is -0.00861. The monoisotopic (exact) mass is 440 g/mol. The van der Waals surface area contributed by atoms with E-state index in [1.165, 1.54) is 14.2 Å². The number of rotatable bonds is 5. The molecule has 30 heavy (non-hydrogen) atoms. The number of benzene rings is 1. The molecule has 0 unspecified atom stereocenters. The summed E-state index contributed by atoms with van der Waals surface area (Å²) in [6.07, 6.45) is -0.410. The molecule has 0 spiro atoms. The molecule has 170 valence electrons. The van der Waals surface area contributed by atoms with Crippen molar-refractivity contribution in [2.75, 3.05) is 27.8 Å². The van der Waals surface area contributed by atoms with Crippen LogP contribution in [0.5, 0.6) is 0 Å². The summed E-state index contributed by atoms with van der Waals surface area (Å²) in [7, 11) is 1.03. The van der Waals surface area contributed by atoms with Crippen molar-refractivity contribution in [1.82, 2.24) is 9.80 Å². The molecule has 0 saturated carbocycles. The summed E-state index contributed by atoms with van der Waals surface area (Å²) in [5, 5.41) is -1.06. The Morgan fingerprint density at radius 3 is 2.07 bits per heavy atom. The van der Waals surface area contributed by atoms with Crippen molar-refractivity contribution >= 4 is 13.7 Å². The second kappa shape index (κ2) is 8.62. The van der Waals surface area contributed by atoms with E-state index in [4.69, 9.17) is 13.8 Å². The maximum absolute atomic E-state index is 14.0. The number of carbonyl (C=O) groups is 1. The zero-order chi connectivity index (χ0) is 23.0. The lowest BCUT2D eigenvalue weighted by Crippen LogP contribution is -2.53. The van der Waals surface area contributed by atoms with Crippen LogP contribution in [0.15, 0.2) is 30.3 Å². The highest BCUT2D eigenvalue weighted by molar-refractivity contribution is 7.55. The molecular weight excluding hydrogens is 403 g/mol. The first-order valence-electron chi connectivity index (χ1n) is 10.2. The largest absolute Gasteiger partial charge is 0.444 e. The minimum absolute atomic E-state index is 0.161. The van der Waals surface area contributed by atoms with Gasteiger partial charge < -0.3 is 13.8 Å². The molecule has 0 aromatic heterocycles. The predicted molar refractivity (Wildman–Crippen MR) is 118 cm³/mol. The molecule has 1 aromatic carbocycles. The van der Waals surface area contributed by atoms with E-state index in [1.54, 1.807) is 4.90 Å². The molecule has 0 aliphatic carbocycles. The molecule has 1 aromatic rings. The highest BCUT2D eigenvalue weighted by atomic mass is 31.2. The summed E-state index contributed by atoms with van der Waals surface area (Å²) in [5.41, 5.74) is 0.00291. The SMILES string of the molecule is COP(=O)(OC)[C@@]1(Cc2ccccc2)CN(C(=O)OC(C)(C)C)[C@@H](C(C)(C)C)N1C. The molecular formula is C22H37N2O5P. The molecule has 1 amide bonds. The van der Waals surface area contributed by atoms with Crippen LogP contribution >= 0.6 is 7.60 Å². The quantitative estimate of drug-likeness (QED) is 0.603. The van der Waals surface area contributed by atoms with Gasteiger partial charge in [0.05, 0.1) is 12.7 Å². The van der Waals surface area contributed by atoms with E-state index in [-0.39, 0.29) is 18.1 Å². The van der Waals surface area contributed by atoms with Crippen molar-refractivity contribution in [3.63, 3.8) is 0 Å². The summed E-state index contributed by atoms with van der Waals surface area (Å²) in [5.74, 6) is 0. The Bertz CT molecular complexity index is 779. The minimum Gasteiger partial charge on any atom is -0.444 e. The smallest absolute Gasteiger partial charge is 0.411 e. The van der Waals surface area contributed by atoms with E-state index in [2.05, 4.69) is 20.8 Å². The third kappa shape index (κ3) is 4.75. The molecule has 2 rings (SSSR count). The van der Waals surface area contributed by atoms with Gasteiger partial charge in [0.1, 0.15) is 10.9 Å². The fourth-order valence-electron chi connectivity index (χ4n) is 4.34. The Labute approximate surface area is 181 Å². The highest BCUT2D eigenvalue weighted by Crippen LogP contribution is 2.65. The van der Waals surface area contributed by atoms with Gasteiger partial charge in [-0.05, 0) is 38.8 Å². The molecule has 0 bridgehead atoms. The van der Waals surface area contributed by atoms with Crippen molar-refractivity contribution in [2.45, 2.75) is 65.0 Å². The van der Waals surface area contributed by atoms with Gasteiger partial charge >= 0.3 is 13.7 Å². The van der Waals surface area contributed by atoms with Crippen molar-refractivity contribution in [2.24, 2.45) is 5.41 Å². The summed E-state index contributed by atoms with van der Waals surface area (Å²) in [6.45, 7) is 11.8. The average molecular weight is 441 g/mol. The lowest BCUT2D eigenvalue weighted by atomic mass is 9.91. The Morgan fingerprint density at radius 2 is 1.63 bits per heavy atom. The number of amides is 1. The number of hydrogen-bond donors (Lipinski definition) is 0. The van der Waals surface area contributed by atoms with Crippen LogP contribution in [-0.4, -0.2) is 60.8 Å². The first kappa shape index (κ1) is 24.9. The second-order valence-electron chi connectivity index (χ2n) is 9.97. The van der Waals surface area contributed by atoms with Gasteiger partial charge in [0.15, 0.2) is 0 Å². The zero-order valence-electron chi connectivity index (χ0n) is 19.8. The van der Waals surface area contributed by atoms with Gasteiger partial charge in [0, 0.05) is 20.6 Å².